The molecule has 0 spiro atoms. The number of nitrogens with two attached hydrogens (primary N) is 1. The number of carbonyl (C=O) groups is 4. The molecule has 43 heavy (non-hydrogen) atoms. The minimum atomic E-state index is -3.71. The summed E-state index contributed by atoms with van der Waals surface area (Å²) in [5.41, 5.74) is 7.44. The highest BCUT2D eigenvalue weighted by atomic mass is 32.2. The number of sulfone groups is 1. The maximum Gasteiger partial charge on any atom is 0.255 e. The van der Waals surface area contributed by atoms with E-state index in [1.165, 1.54) is 40.1 Å². The second kappa shape index (κ2) is 12.0. The number of amides is 3. The maximum absolute atomic E-state index is 14.0. The van der Waals surface area contributed by atoms with Crippen molar-refractivity contribution < 1.29 is 32.7 Å². The largest absolute Gasteiger partial charge is 0.508 e. The molecule has 0 aromatic heterocycles. The second-order valence-corrected chi connectivity index (χ2v) is 12.8. The molecule has 4 N–H and O–H groups in total. The summed E-state index contributed by atoms with van der Waals surface area (Å²) in [6, 6.07) is 16.2. The van der Waals surface area contributed by atoms with Crippen molar-refractivity contribution in [2.45, 2.75) is 42.4 Å². The van der Waals surface area contributed by atoms with Gasteiger partial charge < -0.3 is 26.0 Å². The van der Waals surface area contributed by atoms with E-state index in [0.29, 0.717) is 17.5 Å². The van der Waals surface area contributed by atoms with Crippen molar-refractivity contribution in [3.63, 3.8) is 0 Å². The first kappa shape index (κ1) is 29.9. The highest BCUT2D eigenvalue weighted by molar-refractivity contribution is 7.90. The van der Waals surface area contributed by atoms with E-state index in [4.69, 9.17) is 5.73 Å². The summed E-state index contributed by atoms with van der Waals surface area (Å²) in [5, 5.41) is 12.5. The highest BCUT2D eigenvalue weighted by Crippen LogP contribution is 2.32. The summed E-state index contributed by atoms with van der Waals surface area (Å²) in [6.45, 7) is 0.138. The lowest BCUT2D eigenvalue weighted by atomic mass is 10.0. The number of carbonyl (C=O) groups excluding carboxylic acids is 4. The number of phenols is 1. The number of ketones is 1. The van der Waals surface area contributed by atoms with Gasteiger partial charge in [-0.15, -0.1) is 0 Å². The van der Waals surface area contributed by atoms with E-state index in [0.717, 1.165) is 11.8 Å². The van der Waals surface area contributed by atoms with Crippen LogP contribution in [0.4, 0.5) is 0 Å². The lowest BCUT2D eigenvalue weighted by molar-refractivity contribution is -0.138. The number of fused-ring (bicyclic) bond motifs is 1. The van der Waals surface area contributed by atoms with Gasteiger partial charge in [0.05, 0.1) is 23.0 Å². The molecule has 3 atom stereocenters. The number of nitrogens with zero attached hydrogens (tertiary/aromatic N) is 2. The third kappa shape index (κ3) is 6.15. The Labute approximate surface area is 249 Å². The van der Waals surface area contributed by atoms with Gasteiger partial charge in [-0.25, -0.2) is 8.42 Å². The molecule has 0 saturated carbocycles. The predicted octanol–water partition coefficient (Wildman–Crippen LogP) is 1.29. The lowest BCUT2D eigenvalue weighted by Crippen LogP contribution is -2.53. The van der Waals surface area contributed by atoms with E-state index < -0.39 is 45.7 Å². The zero-order valence-corrected chi connectivity index (χ0v) is 24.3. The number of nitrogens with one attached hydrogen (secondary N) is 1. The Hall–Kier alpha value is -4.55. The topological polar surface area (TPSA) is 167 Å². The van der Waals surface area contributed by atoms with E-state index in [1.54, 1.807) is 42.5 Å². The summed E-state index contributed by atoms with van der Waals surface area (Å²) in [5.74, 6) is -1.86. The number of hydrogen-bond acceptors (Lipinski definition) is 8. The molecule has 2 heterocycles. The fourth-order valence-electron chi connectivity index (χ4n) is 5.81. The Balaban J connectivity index is 1.41. The monoisotopic (exact) mass is 604 g/mol. The van der Waals surface area contributed by atoms with Crippen molar-refractivity contribution in [3.05, 3.63) is 95.1 Å². The molecule has 11 nitrogen and oxygen atoms in total. The van der Waals surface area contributed by atoms with Crippen LogP contribution in [0, 0.1) is 0 Å². The van der Waals surface area contributed by atoms with Crippen LogP contribution in [-0.2, 0) is 32.4 Å². The quantitative estimate of drug-likeness (QED) is 0.346. The van der Waals surface area contributed by atoms with Crippen LogP contribution in [0.2, 0.25) is 0 Å². The highest BCUT2D eigenvalue weighted by Gasteiger charge is 2.52. The number of phenolic OH excluding ortho intramolecular Hbond substituents is 1. The minimum Gasteiger partial charge on any atom is -0.508 e. The van der Waals surface area contributed by atoms with Gasteiger partial charge in [-0.05, 0) is 53.9 Å². The summed E-state index contributed by atoms with van der Waals surface area (Å²) < 4.78 is 24.7. The van der Waals surface area contributed by atoms with Crippen LogP contribution in [0.3, 0.4) is 0 Å². The predicted molar refractivity (Wildman–Crippen MR) is 157 cm³/mol. The first-order valence-corrected chi connectivity index (χ1v) is 15.7. The Kier molecular flexibility index (Phi) is 8.34. The molecule has 0 radical (unpaired) electrons. The summed E-state index contributed by atoms with van der Waals surface area (Å²) in [6.07, 6.45) is 1.42. The molecule has 5 rings (SSSR count). The zero-order valence-electron chi connectivity index (χ0n) is 23.5. The van der Waals surface area contributed by atoms with Gasteiger partial charge in [0.2, 0.25) is 5.91 Å². The van der Waals surface area contributed by atoms with Gasteiger partial charge in [0.15, 0.2) is 15.6 Å². The van der Waals surface area contributed by atoms with Crippen LogP contribution >= 0.6 is 0 Å². The van der Waals surface area contributed by atoms with E-state index in [9.17, 15) is 32.7 Å². The summed E-state index contributed by atoms with van der Waals surface area (Å²) in [7, 11) is -3.71. The average Bonchev–Trinajstić information content (AvgIpc) is 3.58. The van der Waals surface area contributed by atoms with E-state index in [-0.39, 0.29) is 48.0 Å². The van der Waals surface area contributed by atoms with Crippen LogP contribution in [0.25, 0.3) is 0 Å². The van der Waals surface area contributed by atoms with Gasteiger partial charge in [-0.1, -0.05) is 36.4 Å². The molecule has 1 unspecified atom stereocenters. The average molecular weight is 605 g/mol. The first-order valence-electron chi connectivity index (χ1n) is 13.8. The normalized spacial score (nSPS) is 18.8. The molecule has 3 amide bonds. The number of rotatable bonds is 8. The number of hydrogen-bond donors (Lipinski definition) is 3. The van der Waals surface area contributed by atoms with E-state index in [1.807, 2.05) is 0 Å². The fraction of sp³-hybridized carbons (Fsp3) is 0.290. The first-order chi connectivity index (χ1) is 20.5. The van der Waals surface area contributed by atoms with Gasteiger partial charge >= 0.3 is 0 Å². The van der Waals surface area contributed by atoms with Gasteiger partial charge in [0, 0.05) is 31.3 Å². The van der Waals surface area contributed by atoms with Gasteiger partial charge in [0.1, 0.15) is 17.8 Å². The van der Waals surface area contributed by atoms with Crippen molar-refractivity contribution in [3.8, 4) is 5.75 Å². The van der Waals surface area contributed by atoms with Crippen molar-refractivity contribution in [2.75, 3.05) is 19.3 Å². The third-order valence-electron chi connectivity index (χ3n) is 7.89. The number of benzene rings is 3. The minimum absolute atomic E-state index is 0.0274. The number of Topliss-reactive ketones (excluding diaryl/α,β-unsaturated/α-hetero) is 1. The zero-order chi connectivity index (χ0) is 30.9. The Bertz CT molecular complexity index is 1690. The lowest BCUT2D eigenvalue weighted by Gasteiger charge is -2.28. The molecule has 12 heteroatoms. The molecule has 2 saturated heterocycles. The van der Waals surface area contributed by atoms with Gasteiger partial charge in [-0.3, -0.25) is 19.2 Å². The summed E-state index contributed by atoms with van der Waals surface area (Å²) >= 11 is 0. The molecule has 224 valence electrons. The Morgan fingerprint density at radius 2 is 1.72 bits per heavy atom. The fourth-order valence-corrected chi connectivity index (χ4v) is 6.69. The van der Waals surface area contributed by atoms with E-state index in [2.05, 4.69) is 5.32 Å². The van der Waals surface area contributed by atoms with Crippen molar-refractivity contribution in [1.29, 1.82) is 0 Å². The molecule has 2 fully saturated rings. The van der Waals surface area contributed by atoms with Crippen LogP contribution in [0.1, 0.15) is 38.3 Å². The molecule has 0 bridgehead atoms. The molecule has 0 aliphatic carbocycles. The number of aromatic hydroxyl groups is 1. The second-order valence-electron chi connectivity index (χ2n) is 10.8. The molecule has 2 aliphatic rings. The standard InChI is InChI=1S/C31H32N4O7S/c1-43(41,42)27-8-3-2-7-23(27)30(39)35-18-26(37)28-25(35)13-14-34(28)31(40)24(16-19-9-11-22(36)12-10-19)33-29(38)21-6-4-5-20(15-21)17-32/h2-12,15,24-25,28,36H,13-14,16-18,32H2,1H3,(H,33,38)/t24?,25-,28+/m1/s1. The summed E-state index contributed by atoms with van der Waals surface area (Å²) in [4.78, 5) is 56.8. The third-order valence-corrected chi connectivity index (χ3v) is 9.04. The van der Waals surface area contributed by atoms with Crippen LogP contribution in [-0.4, -0.2) is 84.3 Å². The molecule has 2 aliphatic heterocycles. The maximum atomic E-state index is 14.0. The molecule has 3 aromatic rings. The smallest absolute Gasteiger partial charge is 0.255 e. The van der Waals surface area contributed by atoms with Crippen LogP contribution < -0.4 is 11.1 Å². The van der Waals surface area contributed by atoms with Gasteiger partial charge in [-0.2, -0.15) is 0 Å². The van der Waals surface area contributed by atoms with Gasteiger partial charge in [0.25, 0.3) is 11.8 Å². The van der Waals surface area contributed by atoms with E-state index >= 15 is 0 Å². The van der Waals surface area contributed by atoms with Crippen molar-refractivity contribution in [1.82, 2.24) is 15.1 Å². The molecular weight excluding hydrogens is 572 g/mol. The Morgan fingerprint density at radius 3 is 2.42 bits per heavy atom. The van der Waals surface area contributed by atoms with Crippen molar-refractivity contribution >= 4 is 33.3 Å². The van der Waals surface area contributed by atoms with Crippen molar-refractivity contribution in [2.24, 2.45) is 5.73 Å². The Morgan fingerprint density at radius 1 is 1.00 bits per heavy atom. The molecular formula is C31H32N4O7S. The number of likely N-dealkylation sites (tertiary alicyclic amines) is 2. The molecule has 3 aromatic carbocycles. The SMILES string of the molecule is CS(=O)(=O)c1ccccc1C(=O)N1CC(=O)[C@@H]2[C@H]1CCN2C(=O)C(Cc1ccc(O)cc1)NC(=O)c1cccc(CN)c1. The van der Waals surface area contributed by atoms with Crippen LogP contribution in [0.5, 0.6) is 5.75 Å². The van der Waals surface area contributed by atoms with Crippen LogP contribution in [0.15, 0.2) is 77.7 Å².